The van der Waals surface area contributed by atoms with Crippen LogP contribution in [0.1, 0.15) is 23.2 Å². The second-order valence-electron chi connectivity index (χ2n) is 5.31. The maximum Gasteiger partial charge on any atom is 0.254 e. The van der Waals surface area contributed by atoms with Gasteiger partial charge >= 0.3 is 0 Å². The maximum atomic E-state index is 13.2. The van der Waals surface area contributed by atoms with Crippen LogP contribution in [0.3, 0.4) is 0 Å². The van der Waals surface area contributed by atoms with Crippen LogP contribution in [0.5, 0.6) is 0 Å². The van der Waals surface area contributed by atoms with Gasteiger partial charge in [0.1, 0.15) is 0 Å². The molecule has 20 heavy (non-hydrogen) atoms. The highest BCUT2D eigenvalue weighted by atomic mass is 19.2. The van der Waals surface area contributed by atoms with Gasteiger partial charge in [-0.2, -0.15) is 0 Å². The van der Waals surface area contributed by atoms with E-state index in [0.717, 1.165) is 25.0 Å². The van der Waals surface area contributed by atoms with Crippen LogP contribution in [0, 0.1) is 17.5 Å². The predicted molar refractivity (Wildman–Crippen MR) is 68.9 cm³/mol. The summed E-state index contributed by atoms with van der Waals surface area (Å²) in [5, 5.41) is 0. The fourth-order valence-electron chi connectivity index (χ4n) is 2.56. The number of hydrogen-bond acceptors (Lipinski definition) is 2. The van der Waals surface area contributed by atoms with Gasteiger partial charge in [0.15, 0.2) is 17.5 Å². The summed E-state index contributed by atoms with van der Waals surface area (Å²) in [5.74, 6) is -4.67. The van der Waals surface area contributed by atoms with E-state index in [-0.39, 0.29) is 11.6 Å². The number of likely N-dealkylation sites (N-methyl/N-ethyl adjacent to an activating group) is 1. The molecular weight excluding hydrogens is 269 g/mol. The SMILES string of the molecule is CN(C)CC1CCCN1C(=O)c1cc(F)c(F)c(F)c1. The summed E-state index contributed by atoms with van der Waals surface area (Å²) in [6, 6.07) is 1.53. The van der Waals surface area contributed by atoms with Crippen molar-refractivity contribution < 1.29 is 18.0 Å². The largest absolute Gasteiger partial charge is 0.334 e. The molecule has 1 heterocycles. The van der Waals surface area contributed by atoms with E-state index in [2.05, 4.69) is 0 Å². The number of amides is 1. The van der Waals surface area contributed by atoms with Gasteiger partial charge in [-0.25, -0.2) is 13.2 Å². The molecule has 0 spiro atoms. The van der Waals surface area contributed by atoms with Crippen LogP contribution < -0.4 is 0 Å². The number of rotatable bonds is 3. The van der Waals surface area contributed by atoms with Gasteiger partial charge in [-0.1, -0.05) is 0 Å². The molecule has 1 aliphatic heterocycles. The lowest BCUT2D eigenvalue weighted by Crippen LogP contribution is -2.41. The maximum absolute atomic E-state index is 13.2. The van der Waals surface area contributed by atoms with Crippen LogP contribution in [-0.2, 0) is 0 Å². The van der Waals surface area contributed by atoms with Gasteiger partial charge in [-0.3, -0.25) is 4.79 Å². The van der Waals surface area contributed by atoms with Crippen LogP contribution >= 0.6 is 0 Å². The number of hydrogen-bond donors (Lipinski definition) is 0. The molecule has 0 radical (unpaired) electrons. The Bertz CT molecular complexity index is 496. The molecule has 110 valence electrons. The molecule has 1 unspecified atom stereocenters. The van der Waals surface area contributed by atoms with E-state index in [9.17, 15) is 18.0 Å². The average molecular weight is 286 g/mol. The molecule has 1 aromatic rings. The van der Waals surface area contributed by atoms with E-state index < -0.39 is 23.4 Å². The predicted octanol–water partition coefficient (Wildman–Crippen LogP) is 2.27. The molecule has 0 saturated carbocycles. The number of carbonyl (C=O) groups is 1. The molecular formula is C14H17F3N2O. The molecule has 1 amide bonds. The van der Waals surface area contributed by atoms with E-state index in [0.29, 0.717) is 13.1 Å². The highest BCUT2D eigenvalue weighted by Gasteiger charge is 2.30. The zero-order valence-corrected chi connectivity index (χ0v) is 11.5. The summed E-state index contributed by atoms with van der Waals surface area (Å²) in [5.41, 5.74) is -0.146. The third-order valence-electron chi connectivity index (χ3n) is 3.44. The summed E-state index contributed by atoms with van der Waals surface area (Å²) in [7, 11) is 3.80. The first-order valence-corrected chi connectivity index (χ1v) is 6.50. The number of nitrogens with zero attached hydrogens (tertiary/aromatic N) is 2. The molecule has 1 saturated heterocycles. The fraction of sp³-hybridized carbons (Fsp3) is 0.500. The minimum absolute atomic E-state index is 0.0219. The second-order valence-corrected chi connectivity index (χ2v) is 5.31. The lowest BCUT2D eigenvalue weighted by atomic mass is 10.1. The Hall–Kier alpha value is -1.56. The number of likely N-dealkylation sites (tertiary alicyclic amines) is 1. The molecule has 3 nitrogen and oxygen atoms in total. The van der Waals surface area contributed by atoms with Crippen LogP contribution in [0.4, 0.5) is 13.2 Å². The Balaban J connectivity index is 2.22. The number of halogens is 3. The Morgan fingerprint density at radius 3 is 2.45 bits per heavy atom. The standard InChI is InChI=1S/C14H17F3N2O/c1-18(2)8-10-4-3-5-19(10)14(20)9-6-11(15)13(17)12(16)7-9/h6-7,10H,3-5,8H2,1-2H3. The molecule has 0 aromatic heterocycles. The van der Waals surface area contributed by atoms with Crippen LogP contribution in [-0.4, -0.2) is 48.9 Å². The van der Waals surface area contributed by atoms with Crippen molar-refractivity contribution in [3.8, 4) is 0 Å². The molecule has 2 rings (SSSR count). The molecule has 1 aliphatic rings. The van der Waals surface area contributed by atoms with Crippen molar-refractivity contribution in [2.75, 3.05) is 27.2 Å². The fourth-order valence-corrected chi connectivity index (χ4v) is 2.56. The topological polar surface area (TPSA) is 23.6 Å². The lowest BCUT2D eigenvalue weighted by molar-refractivity contribution is 0.0715. The molecule has 0 aliphatic carbocycles. The van der Waals surface area contributed by atoms with Gasteiger partial charge in [0.25, 0.3) is 5.91 Å². The van der Waals surface area contributed by atoms with Gasteiger partial charge in [-0.15, -0.1) is 0 Å². The number of benzene rings is 1. The zero-order chi connectivity index (χ0) is 14.9. The first-order valence-electron chi connectivity index (χ1n) is 6.50. The minimum Gasteiger partial charge on any atom is -0.334 e. The van der Waals surface area contributed by atoms with Crippen molar-refractivity contribution in [3.05, 3.63) is 35.1 Å². The normalized spacial score (nSPS) is 18.9. The molecule has 0 bridgehead atoms. The Labute approximate surface area is 116 Å². The third kappa shape index (κ3) is 2.95. The molecule has 1 atom stereocenters. The highest BCUT2D eigenvalue weighted by molar-refractivity contribution is 5.94. The Morgan fingerprint density at radius 2 is 1.90 bits per heavy atom. The summed E-state index contributed by atoms with van der Waals surface area (Å²) in [6.45, 7) is 1.25. The second kappa shape index (κ2) is 5.83. The number of carbonyl (C=O) groups excluding carboxylic acids is 1. The zero-order valence-electron chi connectivity index (χ0n) is 11.5. The first-order chi connectivity index (χ1) is 9.40. The highest BCUT2D eigenvalue weighted by Crippen LogP contribution is 2.22. The van der Waals surface area contributed by atoms with E-state index in [1.165, 1.54) is 0 Å². The van der Waals surface area contributed by atoms with Gasteiger partial charge < -0.3 is 9.80 Å². The third-order valence-corrected chi connectivity index (χ3v) is 3.44. The average Bonchev–Trinajstić information content (AvgIpc) is 2.81. The van der Waals surface area contributed by atoms with Gasteiger partial charge in [0.05, 0.1) is 0 Å². The van der Waals surface area contributed by atoms with Crippen molar-refractivity contribution in [2.45, 2.75) is 18.9 Å². The van der Waals surface area contributed by atoms with Crippen LogP contribution in [0.2, 0.25) is 0 Å². The quantitative estimate of drug-likeness (QED) is 0.796. The summed E-state index contributed by atoms with van der Waals surface area (Å²) in [4.78, 5) is 15.9. The lowest BCUT2D eigenvalue weighted by Gasteiger charge is -2.27. The van der Waals surface area contributed by atoms with Crippen molar-refractivity contribution in [3.63, 3.8) is 0 Å². The van der Waals surface area contributed by atoms with E-state index in [1.54, 1.807) is 4.90 Å². The molecule has 1 fully saturated rings. The smallest absolute Gasteiger partial charge is 0.254 e. The molecule has 0 N–H and O–H groups in total. The summed E-state index contributed by atoms with van der Waals surface area (Å²) in [6.07, 6.45) is 1.71. The van der Waals surface area contributed by atoms with Crippen molar-refractivity contribution in [2.24, 2.45) is 0 Å². The van der Waals surface area contributed by atoms with E-state index >= 15 is 0 Å². The first kappa shape index (κ1) is 14.8. The van der Waals surface area contributed by atoms with E-state index in [1.807, 2.05) is 19.0 Å². The minimum atomic E-state index is -1.55. The van der Waals surface area contributed by atoms with Gasteiger partial charge in [0.2, 0.25) is 0 Å². The van der Waals surface area contributed by atoms with Crippen LogP contribution in [0.15, 0.2) is 12.1 Å². The van der Waals surface area contributed by atoms with E-state index in [4.69, 9.17) is 0 Å². The van der Waals surface area contributed by atoms with Gasteiger partial charge in [0, 0.05) is 24.7 Å². The monoisotopic (exact) mass is 286 g/mol. The molecule has 1 aromatic carbocycles. The Morgan fingerprint density at radius 1 is 1.30 bits per heavy atom. The molecule has 6 heteroatoms. The summed E-state index contributed by atoms with van der Waals surface area (Å²) < 4.78 is 39.3. The van der Waals surface area contributed by atoms with Crippen molar-refractivity contribution in [1.29, 1.82) is 0 Å². The van der Waals surface area contributed by atoms with Crippen molar-refractivity contribution in [1.82, 2.24) is 9.80 Å². The van der Waals surface area contributed by atoms with Crippen molar-refractivity contribution >= 4 is 5.91 Å². The summed E-state index contributed by atoms with van der Waals surface area (Å²) >= 11 is 0. The Kier molecular flexibility index (Phi) is 4.32. The van der Waals surface area contributed by atoms with Crippen LogP contribution in [0.25, 0.3) is 0 Å². The van der Waals surface area contributed by atoms with Gasteiger partial charge in [-0.05, 0) is 39.1 Å².